The molecule has 3 amide bonds. The molecule has 0 spiro atoms. The number of nitrogens with zero attached hydrogens (tertiary/aromatic N) is 1. The normalized spacial score (nSPS) is 18.6. The van der Waals surface area contributed by atoms with E-state index in [9.17, 15) is 14.4 Å². The lowest BCUT2D eigenvalue weighted by molar-refractivity contribution is -0.160. The van der Waals surface area contributed by atoms with Gasteiger partial charge in [0.2, 0.25) is 17.7 Å². The van der Waals surface area contributed by atoms with Crippen LogP contribution < -0.4 is 0 Å². The quantitative estimate of drug-likeness (QED) is 0.546. The highest BCUT2D eigenvalue weighted by Crippen LogP contribution is 2.22. The van der Waals surface area contributed by atoms with Gasteiger partial charge in [-0.05, 0) is 6.42 Å². The molecule has 1 aliphatic heterocycles. The molecule has 1 aliphatic rings. The van der Waals surface area contributed by atoms with E-state index >= 15 is 0 Å². The monoisotopic (exact) mass is 197 g/mol. The molecular formula is C10H15NO3. The minimum atomic E-state index is -0.678. The molecule has 0 aromatic heterocycles. The van der Waals surface area contributed by atoms with Gasteiger partial charge in [0.25, 0.3) is 0 Å². The largest absolute Gasteiger partial charge is 0.274 e. The molecule has 0 unspecified atom stereocenters. The maximum Gasteiger partial charge on any atom is 0.241 e. The van der Waals surface area contributed by atoms with E-state index < -0.39 is 11.3 Å². The average Bonchev–Trinajstić information content (AvgIpc) is 2.01. The maximum atomic E-state index is 11.7. The lowest BCUT2D eigenvalue weighted by atomic mass is 9.93. The van der Waals surface area contributed by atoms with E-state index in [1.807, 2.05) is 0 Å². The van der Waals surface area contributed by atoms with Crippen LogP contribution in [-0.4, -0.2) is 22.6 Å². The molecular weight excluding hydrogens is 182 g/mol. The zero-order chi connectivity index (χ0) is 10.9. The summed E-state index contributed by atoms with van der Waals surface area (Å²) in [5.74, 6) is -1.12. The Balaban J connectivity index is 2.89. The first-order valence-electron chi connectivity index (χ1n) is 4.74. The summed E-state index contributed by atoms with van der Waals surface area (Å²) in [5.41, 5.74) is -0.678. The smallest absolute Gasteiger partial charge is 0.241 e. The Labute approximate surface area is 83.3 Å². The Morgan fingerprint density at radius 2 is 1.57 bits per heavy atom. The Morgan fingerprint density at radius 1 is 1.14 bits per heavy atom. The molecule has 0 saturated carbocycles. The standard InChI is InChI=1S/C10H15NO3/c1-10(2,3)9(14)11-7(12)5-4-6-8(11)13/h4-6H2,1-3H3. The van der Waals surface area contributed by atoms with E-state index in [0.717, 1.165) is 4.90 Å². The highest BCUT2D eigenvalue weighted by molar-refractivity contribution is 6.13. The SMILES string of the molecule is CC(C)(C)C(=O)N1C(=O)CCCC1=O. The third kappa shape index (κ3) is 2.00. The minimum absolute atomic E-state index is 0.299. The molecule has 0 aromatic carbocycles. The van der Waals surface area contributed by atoms with Gasteiger partial charge in [0, 0.05) is 18.3 Å². The molecule has 0 atom stereocenters. The highest BCUT2D eigenvalue weighted by Gasteiger charge is 2.37. The summed E-state index contributed by atoms with van der Waals surface area (Å²) in [7, 11) is 0. The van der Waals surface area contributed by atoms with E-state index in [4.69, 9.17) is 0 Å². The van der Waals surface area contributed by atoms with Crippen molar-refractivity contribution in [2.75, 3.05) is 0 Å². The van der Waals surface area contributed by atoms with Crippen molar-refractivity contribution in [2.45, 2.75) is 40.0 Å². The van der Waals surface area contributed by atoms with Gasteiger partial charge in [0.15, 0.2) is 0 Å². The number of hydrogen-bond donors (Lipinski definition) is 0. The number of imide groups is 3. The first-order valence-corrected chi connectivity index (χ1v) is 4.74. The van der Waals surface area contributed by atoms with E-state index in [1.165, 1.54) is 0 Å². The van der Waals surface area contributed by atoms with Gasteiger partial charge < -0.3 is 0 Å². The van der Waals surface area contributed by atoms with Crippen molar-refractivity contribution in [3.8, 4) is 0 Å². The van der Waals surface area contributed by atoms with Crippen molar-refractivity contribution < 1.29 is 14.4 Å². The van der Waals surface area contributed by atoms with Gasteiger partial charge in [-0.1, -0.05) is 20.8 Å². The van der Waals surface area contributed by atoms with E-state index in [1.54, 1.807) is 20.8 Å². The summed E-state index contributed by atoms with van der Waals surface area (Å²) in [6.07, 6.45) is 1.16. The van der Waals surface area contributed by atoms with Crippen LogP contribution in [0.2, 0.25) is 0 Å². The van der Waals surface area contributed by atoms with Crippen molar-refractivity contribution >= 4 is 17.7 Å². The fourth-order valence-electron chi connectivity index (χ4n) is 1.32. The molecule has 0 aliphatic carbocycles. The summed E-state index contributed by atoms with van der Waals surface area (Å²) in [5, 5.41) is 0. The molecule has 4 nitrogen and oxygen atoms in total. The molecule has 4 heteroatoms. The van der Waals surface area contributed by atoms with Crippen molar-refractivity contribution in [3.05, 3.63) is 0 Å². The minimum Gasteiger partial charge on any atom is -0.274 e. The number of amides is 3. The van der Waals surface area contributed by atoms with Crippen LogP contribution in [0.1, 0.15) is 40.0 Å². The second-order valence-corrected chi connectivity index (χ2v) is 4.53. The second-order valence-electron chi connectivity index (χ2n) is 4.53. The summed E-state index contributed by atoms with van der Waals surface area (Å²) < 4.78 is 0. The third-order valence-corrected chi connectivity index (χ3v) is 2.12. The zero-order valence-corrected chi connectivity index (χ0v) is 8.79. The highest BCUT2D eigenvalue weighted by atomic mass is 16.2. The first-order chi connectivity index (χ1) is 6.34. The Morgan fingerprint density at radius 3 is 1.93 bits per heavy atom. The number of piperidine rings is 1. The first kappa shape index (κ1) is 10.9. The van der Waals surface area contributed by atoms with Crippen molar-refractivity contribution in [3.63, 3.8) is 0 Å². The van der Waals surface area contributed by atoms with Gasteiger partial charge >= 0.3 is 0 Å². The van der Waals surface area contributed by atoms with Gasteiger partial charge in [0.1, 0.15) is 0 Å². The van der Waals surface area contributed by atoms with Crippen LogP contribution in [0.15, 0.2) is 0 Å². The van der Waals surface area contributed by atoms with Gasteiger partial charge in [-0.15, -0.1) is 0 Å². The van der Waals surface area contributed by atoms with Crippen LogP contribution in [0.5, 0.6) is 0 Å². The van der Waals surface area contributed by atoms with Crippen LogP contribution in [0.25, 0.3) is 0 Å². The fourth-order valence-corrected chi connectivity index (χ4v) is 1.32. The summed E-state index contributed by atoms with van der Waals surface area (Å²) in [6.45, 7) is 5.10. The lowest BCUT2D eigenvalue weighted by Gasteiger charge is -2.28. The Bertz CT molecular complexity index is 272. The number of carbonyl (C=O) groups is 3. The Hall–Kier alpha value is -1.19. The van der Waals surface area contributed by atoms with Gasteiger partial charge in [-0.2, -0.15) is 0 Å². The average molecular weight is 197 g/mol. The maximum absolute atomic E-state index is 11.7. The molecule has 78 valence electrons. The van der Waals surface area contributed by atoms with Crippen molar-refractivity contribution in [2.24, 2.45) is 5.41 Å². The molecule has 1 fully saturated rings. The van der Waals surface area contributed by atoms with Crippen LogP contribution in [-0.2, 0) is 14.4 Å². The molecule has 14 heavy (non-hydrogen) atoms. The summed E-state index contributed by atoms with van der Waals surface area (Å²) >= 11 is 0. The van der Waals surface area contributed by atoms with Crippen molar-refractivity contribution in [1.82, 2.24) is 4.90 Å². The number of hydrogen-bond acceptors (Lipinski definition) is 3. The summed E-state index contributed by atoms with van der Waals surface area (Å²) in [6, 6.07) is 0. The number of carbonyl (C=O) groups excluding carboxylic acids is 3. The molecule has 0 aromatic rings. The van der Waals surface area contributed by atoms with Crippen LogP contribution in [0, 0.1) is 5.41 Å². The Kier molecular flexibility index (Phi) is 2.73. The lowest BCUT2D eigenvalue weighted by Crippen LogP contribution is -2.49. The van der Waals surface area contributed by atoms with Crippen LogP contribution in [0.3, 0.4) is 0 Å². The van der Waals surface area contributed by atoms with Gasteiger partial charge in [0.05, 0.1) is 0 Å². The summed E-state index contributed by atoms with van der Waals surface area (Å²) in [4.78, 5) is 35.3. The van der Waals surface area contributed by atoms with Crippen LogP contribution >= 0.6 is 0 Å². The van der Waals surface area contributed by atoms with Gasteiger partial charge in [-0.3, -0.25) is 14.4 Å². The molecule has 0 radical (unpaired) electrons. The predicted molar refractivity (Wildman–Crippen MR) is 50.2 cm³/mol. The molecule has 0 bridgehead atoms. The predicted octanol–water partition coefficient (Wildman–Crippen LogP) is 1.10. The molecule has 0 N–H and O–H groups in total. The third-order valence-electron chi connectivity index (χ3n) is 2.12. The number of rotatable bonds is 0. The number of likely N-dealkylation sites (tertiary alicyclic amines) is 1. The van der Waals surface area contributed by atoms with Gasteiger partial charge in [-0.25, -0.2) is 4.90 Å². The fraction of sp³-hybridized carbons (Fsp3) is 0.700. The van der Waals surface area contributed by atoms with E-state index in [2.05, 4.69) is 0 Å². The molecule has 1 saturated heterocycles. The zero-order valence-electron chi connectivity index (χ0n) is 8.79. The van der Waals surface area contributed by atoms with Crippen LogP contribution in [0.4, 0.5) is 0 Å². The van der Waals surface area contributed by atoms with E-state index in [-0.39, 0.29) is 11.8 Å². The second kappa shape index (κ2) is 3.52. The topological polar surface area (TPSA) is 54.5 Å². The van der Waals surface area contributed by atoms with E-state index in [0.29, 0.717) is 19.3 Å². The molecule has 1 heterocycles. The molecule has 1 rings (SSSR count). The van der Waals surface area contributed by atoms with Crippen molar-refractivity contribution in [1.29, 1.82) is 0 Å².